The van der Waals surface area contributed by atoms with Crippen molar-refractivity contribution < 1.29 is 19.1 Å². The van der Waals surface area contributed by atoms with Crippen LogP contribution in [0.25, 0.3) is 0 Å². The van der Waals surface area contributed by atoms with Crippen LogP contribution in [0.2, 0.25) is 0 Å². The number of hydrogen-bond donors (Lipinski definition) is 1. The molecule has 0 aliphatic heterocycles. The SMILES string of the molecule is NC1C[C@@H](C(=O)OCc2ccccc2)C[C@@H](C(=O)OCc2ccccc2)C1. The summed E-state index contributed by atoms with van der Waals surface area (Å²) in [6, 6.07) is 18.9. The van der Waals surface area contributed by atoms with Gasteiger partial charge in [-0.1, -0.05) is 60.7 Å². The molecule has 1 unspecified atom stereocenters. The molecule has 5 heteroatoms. The van der Waals surface area contributed by atoms with E-state index in [9.17, 15) is 9.59 Å². The Morgan fingerprint density at radius 1 is 0.741 bits per heavy atom. The highest BCUT2D eigenvalue weighted by atomic mass is 16.5. The van der Waals surface area contributed by atoms with Crippen molar-refractivity contribution in [3.63, 3.8) is 0 Å². The van der Waals surface area contributed by atoms with E-state index in [0.717, 1.165) is 11.1 Å². The van der Waals surface area contributed by atoms with E-state index < -0.39 is 0 Å². The van der Waals surface area contributed by atoms with E-state index in [1.807, 2.05) is 60.7 Å². The first kappa shape index (κ1) is 19.1. The Hall–Kier alpha value is -2.66. The number of carbonyl (C=O) groups is 2. The Morgan fingerprint density at radius 2 is 1.15 bits per heavy atom. The third kappa shape index (κ3) is 5.66. The molecule has 1 aliphatic carbocycles. The predicted molar refractivity (Wildman–Crippen MR) is 101 cm³/mol. The van der Waals surface area contributed by atoms with Crippen LogP contribution in [0.5, 0.6) is 0 Å². The van der Waals surface area contributed by atoms with Crippen LogP contribution in [0.4, 0.5) is 0 Å². The van der Waals surface area contributed by atoms with Crippen molar-refractivity contribution >= 4 is 11.9 Å². The highest BCUT2D eigenvalue weighted by molar-refractivity contribution is 5.76. The molecule has 27 heavy (non-hydrogen) atoms. The van der Waals surface area contributed by atoms with Gasteiger partial charge in [0.2, 0.25) is 0 Å². The molecule has 0 aromatic heterocycles. The van der Waals surface area contributed by atoms with Gasteiger partial charge in [-0.3, -0.25) is 9.59 Å². The van der Waals surface area contributed by atoms with Crippen LogP contribution in [0.1, 0.15) is 30.4 Å². The van der Waals surface area contributed by atoms with Crippen LogP contribution in [0, 0.1) is 11.8 Å². The molecule has 0 radical (unpaired) electrons. The molecule has 2 aromatic rings. The predicted octanol–water partition coefficient (Wildman–Crippen LogP) is 3.22. The smallest absolute Gasteiger partial charge is 0.309 e. The molecule has 5 nitrogen and oxygen atoms in total. The van der Waals surface area contributed by atoms with Crippen LogP contribution in [-0.2, 0) is 32.3 Å². The molecule has 2 N–H and O–H groups in total. The summed E-state index contributed by atoms with van der Waals surface area (Å²) in [7, 11) is 0. The summed E-state index contributed by atoms with van der Waals surface area (Å²) in [5, 5.41) is 0. The molecular weight excluding hydrogens is 342 g/mol. The highest BCUT2D eigenvalue weighted by Crippen LogP contribution is 2.30. The van der Waals surface area contributed by atoms with E-state index in [4.69, 9.17) is 15.2 Å². The Labute approximate surface area is 159 Å². The van der Waals surface area contributed by atoms with Gasteiger partial charge in [0.15, 0.2) is 0 Å². The normalized spacial score (nSPS) is 22.0. The van der Waals surface area contributed by atoms with Gasteiger partial charge in [0.25, 0.3) is 0 Å². The fourth-order valence-corrected chi connectivity index (χ4v) is 3.44. The average molecular weight is 367 g/mol. The fourth-order valence-electron chi connectivity index (χ4n) is 3.44. The van der Waals surface area contributed by atoms with E-state index in [0.29, 0.717) is 19.3 Å². The van der Waals surface area contributed by atoms with Gasteiger partial charge in [-0.25, -0.2) is 0 Å². The van der Waals surface area contributed by atoms with Gasteiger partial charge in [-0.05, 0) is 30.4 Å². The number of benzene rings is 2. The summed E-state index contributed by atoms with van der Waals surface area (Å²) < 4.78 is 10.9. The lowest BCUT2D eigenvalue weighted by molar-refractivity contribution is -0.156. The maximum Gasteiger partial charge on any atom is 0.309 e. The zero-order valence-electron chi connectivity index (χ0n) is 15.3. The van der Waals surface area contributed by atoms with Gasteiger partial charge < -0.3 is 15.2 Å². The molecule has 142 valence electrons. The molecule has 3 rings (SSSR count). The Morgan fingerprint density at radius 3 is 1.56 bits per heavy atom. The number of ether oxygens (including phenoxy) is 2. The zero-order valence-corrected chi connectivity index (χ0v) is 15.3. The molecular formula is C22H25NO4. The largest absolute Gasteiger partial charge is 0.461 e. The number of esters is 2. The lowest BCUT2D eigenvalue weighted by atomic mass is 9.79. The summed E-state index contributed by atoms with van der Waals surface area (Å²) in [6.07, 6.45) is 1.50. The van der Waals surface area contributed by atoms with Crippen LogP contribution in [0.3, 0.4) is 0 Å². The van der Waals surface area contributed by atoms with Crippen molar-refractivity contribution in [1.82, 2.24) is 0 Å². The van der Waals surface area contributed by atoms with Crippen LogP contribution in [-0.4, -0.2) is 18.0 Å². The van der Waals surface area contributed by atoms with E-state index in [2.05, 4.69) is 0 Å². The topological polar surface area (TPSA) is 78.6 Å². The Kier molecular flexibility index (Phi) is 6.60. The quantitative estimate of drug-likeness (QED) is 0.793. The number of carbonyl (C=O) groups excluding carboxylic acids is 2. The van der Waals surface area contributed by atoms with Gasteiger partial charge in [0.1, 0.15) is 13.2 Å². The second-order valence-electron chi connectivity index (χ2n) is 7.05. The van der Waals surface area contributed by atoms with E-state index >= 15 is 0 Å². The third-order valence-corrected chi connectivity index (χ3v) is 4.86. The minimum atomic E-state index is -0.369. The highest BCUT2D eigenvalue weighted by Gasteiger charge is 2.36. The van der Waals surface area contributed by atoms with Crippen LogP contribution >= 0.6 is 0 Å². The lowest BCUT2D eigenvalue weighted by Crippen LogP contribution is -2.39. The van der Waals surface area contributed by atoms with E-state index in [1.54, 1.807) is 0 Å². The van der Waals surface area contributed by atoms with Crippen molar-refractivity contribution in [2.75, 3.05) is 0 Å². The Bertz CT molecular complexity index is 684. The second-order valence-corrected chi connectivity index (χ2v) is 7.05. The average Bonchev–Trinajstić information content (AvgIpc) is 2.71. The first-order valence-corrected chi connectivity index (χ1v) is 9.28. The standard InChI is InChI=1S/C22H25NO4/c23-20-12-18(21(24)26-14-16-7-3-1-4-8-16)11-19(13-20)22(25)27-15-17-9-5-2-6-10-17/h1-10,18-20H,11-15,23H2/t18-,19+,20?. The molecule has 2 aromatic carbocycles. The van der Waals surface area contributed by atoms with Gasteiger partial charge >= 0.3 is 11.9 Å². The second kappa shape index (κ2) is 9.33. The van der Waals surface area contributed by atoms with Crippen molar-refractivity contribution in [3.8, 4) is 0 Å². The number of nitrogens with two attached hydrogens (primary N) is 1. The minimum absolute atomic E-state index is 0.206. The first-order valence-electron chi connectivity index (χ1n) is 9.28. The number of hydrogen-bond acceptors (Lipinski definition) is 5. The van der Waals surface area contributed by atoms with Gasteiger partial charge in [0, 0.05) is 6.04 Å². The Balaban J connectivity index is 1.51. The molecule has 0 spiro atoms. The third-order valence-electron chi connectivity index (χ3n) is 4.86. The molecule has 0 saturated heterocycles. The van der Waals surface area contributed by atoms with Gasteiger partial charge in [-0.15, -0.1) is 0 Å². The molecule has 0 amide bonds. The van der Waals surface area contributed by atoms with Crippen molar-refractivity contribution in [2.45, 2.75) is 38.5 Å². The molecule has 0 heterocycles. The summed E-state index contributed by atoms with van der Waals surface area (Å²) in [5.74, 6) is -1.33. The lowest BCUT2D eigenvalue weighted by Gasteiger charge is -2.30. The van der Waals surface area contributed by atoms with Gasteiger partial charge in [0.05, 0.1) is 11.8 Å². The molecule has 1 saturated carbocycles. The van der Waals surface area contributed by atoms with E-state index in [-0.39, 0.29) is 43.0 Å². The molecule has 0 bridgehead atoms. The zero-order chi connectivity index (χ0) is 19.1. The molecule has 1 fully saturated rings. The summed E-state index contributed by atoms with van der Waals surface area (Å²) in [6.45, 7) is 0.461. The van der Waals surface area contributed by atoms with Crippen molar-refractivity contribution in [1.29, 1.82) is 0 Å². The van der Waals surface area contributed by atoms with Crippen molar-refractivity contribution in [3.05, 3.63) is 71.8 Å². The van der Waals surface area contributed by atoms with Crippen molar-refractivity contribution in [2.24, 2.45) is 17.6 Å². The summed E-state index contributed by atoms with van der Waals surface area (Å²) in [4.78, 5) is 24.9. The monoisotopic (exact) mass is 367 g/mol. The maximum atomic E-state index is 12.4. The van der Waals surface area contributed by atoms with E-state index in [1.165, 1.54) is 0 Å². The summed E-state index contributed by atoms with van der Waals surface area (Å²) in [5.41, 5.74) is 7.96. The molecule has 1 aliphatic rings. The van der Waals surface area contributed by atoms with Crippen LogP contribution < -0.4 is 5.73 Å². The van der Waals surface area contributed by atoms with Gasteiger partial charge in [-0.2, -0.15) is 0 Å². The molecule has 3 atom stereocenters. The van der Waals surface area contributed by atoms with Crippen LogP contribution in [0.15, 0.2) is 60.7 Å². The fraction of sp³-hybridized carbons (Fsp3) is 0.364. The maximum absolute atomic E-state index is 12.4. The first-order chi connectivity index (χ1) is 13.1. The minimum Gasteiger partial charge on any atom is -0.461 e. The number of rotatable bonds is 6. The summed E-state index contributed by atoms with van der Waals surface area (Å²) >= 11 is 0.